The second kappa shape index (κ2) is 4.37. The maximum atomic E-state index is 5.67. The summed E-state index contributed by atoms with van der Waals surface area (Å²) < 4.78 is 0. The summed E-state index contributed by atoms with van der Waals surface area (Å²) in [6, 6.07) is 17.8. The molecule has 1 aromatic heterocycles. The lowest BCUT2D eigenvalue weighted by Gasteiger charge is -1.98. The van der Waals surface area contributed by atoms with E-state index < -0.39 is 0 Å². The lowest BCUT2D eigenvalue weighted by molar-refractivity contribution is 1.31. The summed E-state index contributed by atoms with van der Waals surface area (Å²) in [4.78, 5) is 7.71. The minimum Gasteiger partial charge on any atom is -0.399 e. The topological polar surface area (TPSA) is 54.7 Å². The number of nitrogens with one attached hydrogen (secondary N) is 1. The molecule has 0 unspecified atom stereocenters. The standard InChI is InChI=1S/C15H13N3/c16-13-8-6-12(7-9-13)15-17-10-14(18-15)11-4-2-1-3-5-11/h1-10H,16H2,(H,17,18). The molecule has 0 aliphatic heterocycles. The largest absolute Gasteiger partial charge is 0.399 e. The van der Waals surface area contributed by atoms with Crippen molar-refractivity contribution < 1.29 is 0 Å². The van der Waals surface area contributed by atoms with Gasteiger partial charge in [-0.3, -0.25) is 0 Å². The highest BCUT2D eigenvalue weighted by molar-refractivity contribution is 5.65. The molecule has 0 saturated heterocycles. The van der Waals surface area contributed by atoms with Gasteiger partial charge in [-0.2, -0.15) is 0 Å². The van der Waals surface area contributed by atoms with Crippen molar-refractivity contribution in [3.63, 3.8) is 0 Å². The molecule has 18 heavy (non-hydrogen) atoms. The van der Waals surface area contributed by atoms with Gasteiger partial charge < -0.3 is 10.7 Å². The fraction of sp³-hybridized carbons (Fsp3) is 0. The molecule has 1 heterocycles. The number of H-pyrrole nitrogens is 1. The van der Waals surface area contributed by atoms with E-state index in [-0.39, 0.29) is 0 Å². The first-order chi connectivity index (χ1) is 8.83. The van der Waals surface area contributed by atoms with Crippen molar-refractivity contribution in [1.29, 1.82) is 0 Å². The van der Waals surface area contributed by atoms with Crippen LogP contribution in [0.4, 0.5) is 5.69 Å². The first-order valence-corrected chi connectivity index (χ1v) is 5.79. The predicted molar refractivity (Wildman–Crippen MR) is 73.9 cm³/mol. The Hall–Kier alpha value is -2.55. The molecule has 2 aromatic carbocycles. The van der Waals surface area contributed by atoms with Crippen molar-refractivity contribution in [1.82, 2.24) is 9.97 Å². The Balaban J connectivity index is 1.97. The Morgan fingerprint density at radius 3 is 2.28 bits per heavy atom. The molecule has 3 aromatic rings. The summed E-state index contributed by atoms with van der Waals surface area (Å²) in [5, 5.41) is 0. The summed E-state index contributed by atoms with van der Waals surface area (Å²) >= 11 is 0. The molecule has 0 bridgehead atoms. The molecule has 0 saturated carbocycles. The molecule has 0 atom stereocenters. The second-order valence-corrected chi connectivity index (χ2v) is 4.13. The molecule has 3 N–H and O–H groups in total. The Kier molecular flexibility index (Phi) is 2.57. The van der Waals surface area contributed by atoms with Crippen LogP contribution in [0, 0.1) is 0 Å². The van der Waals surface area contributed by atoms with Crippen LogP contribution in [-0.2, 0) is 0 Å². The number of aromatic amines is 1. The van der Waals surface area contributed by atoms with Gasteiger partial charge in [0, 0.05) is 11.3 Å². The summed E-state index contributed by atoms with van der Waals surface area (Å²) in [5.41, 5.74) is 9.61. The number of hydrogen-bond donors (Lipinski definition) is 2. The number of nitrogen functional groups attached to an aromatic ring is 1. The Bertz CT molecular complexity index is 639. The zero-order valence-corrected chi connectivity index (χ0v) is 9.80. The number of rotatable bonds is 2. The molecule has 0 radical (unpaired) electrons. The van der Waals surface area contributed by atoms with Crippen LogP contribution >= 0.6 is 0 Å². The van der Waals surface area contributed by atoms with Crippen molar-refractivity contribution in [2.45, 2.75) is 0 Å². The van der Waals surface area contributed by atoms with Gasteiger partial charge in [0.15, 0.2) is 0 Å². The maximum absolute atomic E-state index is 5.67. The number of nitrogens with two attached hydrogens (primary N) is 1. The van der Waals surface area contributed by atoms with Crippen LogP contribution in [0.5, 0.6) is 0 Å². The van der Waals surface area contributed by atoms with Crippen molar-refractivity contribution in [3.05, 3.63) is 60.8 Å². The van der Waals surface area contributed by atoms with E-state index in [1.54, 1.807) is 0 Å². The van der Waals surface area contributed by atoms with Crippen LogP contribution in [0.25, 0.3) is 22.6 Å². The molecular weight excluding hydrogens is 222 g/mol. The van der Waals surface area contributed by atoms with Crippen molar-refractivity contribution >= 4 is 5.69 Å². The minimum absolute atomic E-state index is 0.758. The van der Waals surface area contributed by atoms with Gasteiger partial charge in [0.05, 0.1) is 11.9 Å². The van der Waals surface area contributed by atoms with Crippen LogP contribution in [0.2, 0.25) is 0 Å². The van der Waals surface area contributed by atoms with Gasteiger partial charge in [-0.25, -0.2) is 4.98 Å². The number of anilines is 1. The molecule has 0 spiro atoms. The third-order valence-corrected chi connectivity index (χ3v) is 2.84. The zero-order valence-electron chi connectivity index (χ0n) is 9.80. The van der Waals surface area contributed by atoms with Crippen LogP contribution in [0.1, 0.15) is 0 Å². The van der Waals surface area contributed by atoms with Gasteiger partial charge >= 0.3 is 0 Å². The molecule has 0 fully saturated rings. The quantitative estimate of drug-likeness (QED) is 0.669. The van der Waals surface area contributed by atoms with Crippen LogP contribution in [0.3, 0.4) is 0 Å². The SMILES string of the molecule is Nc1ccc(-c2ncc(-c3ccccc3)[nH]2)cc1. The van der Waals surface area contributed by atoms with Gasteiger partial charge in [0.1, 0.15) is 5.82 Å². The zero-order chi connectivity index (χ0) is 12.4. The lowest BCUT2D eigenvalue weighted by atomic mass is 10.2. The van der Waals surface area contributed by atoms with Crippen LogP contribution in [0.15, 0.2) is 60.8 Å². The Morgan fingerprint density at radius 2 is 1.56 bits per heavy atom. The van der Waals surface area contributed by atoms with E-state index in [1.807, 2.05) is 48.7 Å². The highest BCUT2D eigenvalue weighted by Gasteiger charge is 2.04. The predicted octanol–water partition coefficient (Wildman–Crippen LogP) is 3.33. The lowest BCUT2D eigenvalue weighted by Crippen LogP contribution is -1.85. The maximum Gasteiger partial charge on any atom is 0.137 e. The number of hydrogen-bond acceptors (Lipinski definition) is 2. The average Bonchev–Trinajstić information content (AvgIpc) is 2.90. The normalized spacial score (nSPS) is 10.4. The van der Waals surface area contributed by atoms with Gasteiger partial charge in [0.25, 0.3) is 0 Å². The van der Waals surface area contributed by atoms with Gasteiger partial charge in [-0.1, -0.05) is 30.3 Å². The summed E-state index contributed by atoms with van der Waals surface area (Å²) in [6.07, 6.45) is 1.85. The summed E-state index contributed by atoms with van der Waals surface area (Å²) in [6.45, 7) is 0. The van der Waals surface area contributed by atoms with E-state index in [1.165, 1.54) is 0 Å². The van der Waals surface area contributed by atoms with Gasteiger partial charge in [-0.15, -0.1) is 0 Å². The average molecular weight is 235 g/mol. The highest BCUT2D eigenvalue weighted by atomic mass is 14.9. The molecule has 0 aliphatic carbocycles. The van der Waals surface area contributed by atoms with E-state index in [2.05, 4.69) is 22.1 Å². The van der Waals surface area contributed by atoms with Gasteiger partial charge in [-0.05, 0) is 29.8 Å². The van der Waals surface area contributed by atoms with E-state index in [4.69, 9.17) is 5.73 Å². The van der Waals surface area contributed by atoms with Crippen molar-refractivity contribution in [2.75, 3.05) is 5.73 Å². The van der Waals surface area contributed by atoms with Gasteiger partial charge in [0.2, 0.25) is 0 Å². The van der Waals surface area contributed by atoms with E-state index >= 15 is 0 Å². The Morgan fingerprint density at radius 1 is 0.833 bits per heavy atom. The van der Waals surface area contributed by atoms with Crippen molar-refractivity contribution in [2.24, 2.45) is 0 Å². The third kappa shape index (κ3) is 1.98. The number of benzene rings is 2. The second-order valence-electron chi connectivity index (χ2n) is 4.13. The molecule has 3 rings (SSSR count). The monoisotopic (exact) mass is 235 g/mol. The molecule has 3 nitrogen and oxygen atoms in total. The summed E-state index contributed by atoms with van der Waals surface area (Å²) in [7, 11) is 0. The fourth-order valence-electron chi connectivity index (χ4n) is 1.87. The summed E-state index contributed by atoms with van der Waals surface area (Å²) in [5.74, 6) is 0.855. The first kappa shape index (κ1) is 10.6. The molecule has 0 amide bonds. The molecular formula is C15H13N3. The Labute approximate surface area is 105 Å². The first-order valence-electron chi connectivity index (χ1n) is 5.79. The molecule has 3 heteroatoms. The minimum atomic E-state index is 0.758. The number of imidazole rings is 1. The molecule has 0 aliphatic rings. The van der Waals surface area contributed by atoms with E-state index in [0.717, 1.165) is 28.3 Å². The molecule has 88 valence electrons. The third-order valence-electron chi connectivity index (χ3n) is 2.84. The van der Waals surface area contributed by atoms with Crippen LogP contribution < -0.4 is 5.73 Å². The van der Waals surface area contributed by atoms with E-state index in [0.29, 0.717) is 0 Å². The smallest absolute Gasteiger partial charge is 0.137 e. The van der Waals surface area contributed by atoms with E-state index in [9.17, 15) is 0 Å². The highest BCUT2D eigenvalue weighted by Crippen LogP contribution is 2.22. The fourth-order valence-corrected chi connectivity index (χ4v) is 1.87. The number of aromatic nitrogens is 2. The van der Waals surface area contributed by atoms with Crippen LogP contribution in [-0.4, -0.2) is 9.97 Å². The van der Waals surface area contributed by atoms with Crippen molar-refractivity contribution in [3.8, 4) is 22.6 Å². The number of nitrogens with zero attached hydrogens (tertiary/aromatic N) is 1.